The summed E-state index contributed by atoms with van der Waals surface area (Å²) in [7, 11) is 0. The van der Waals surface area contributed by atoms with E-state index in [1.807, 2.05) is 30.3 Å². The average Bonchev–Trinajstić information content (AvgIpc) is 2.90. The predicted molar refractivity (Wildman–Crippen MR) is 87.2 cm³/mol. The molecule has 1 unspecified atom stereocenters. The zero-order valence-electron chi connectivity index (χ0n) is 12.5. The van der Waals surface area contributed by atoms with Gasteiger partial charge in [0.1, 0.15) is 5.52 Å². The molecule has 0 radical (unpaired) electrons. The fourth-order valence-electron chi connectivity index (χ4n) is 2.65. The number of nitrogens with zero attached hydrogens (tertiary/aromatic N) is 1. The van der Waals surface area contributed by atoms with Gasteiger partial charge in [0.05, 0.1) is 0 Å². The third-order valence-electron chi connectivity index (χ3n) is 3.84. The van der Waals surface area contributed by atoms with Gasteiger partial charge in [-0.25, -0.2) is 4.98 Å². The molecule has 1 heterocycles. The first-order chi connectivity index (χ1) is 10.2. The molecule has 3 aromatic rings. The van der Waals surface area contributed by atoms with E-state index in [4.69, 9.17) is 10.2 Å². The van der Waals surface area contributed by atoms with Crippen LogP contribution in [0.2, 0.25) is 0 Å². The molecule has 3 rings (SSSR count). The Hall–Kier alpha value is -2.29. The molecule has 1 aromatic heterocycles. The van der Waals surface area contributed by atoms with E-state index < -0.39 is 0 Å². The summed E-state index contributed by atoms with van der Waals surface area (Å²) < 4.78 is 5.84. The Morgan fingerprint density at radius 1 is 1.19 bits per heavy atom. The first-order valence-electron chi connectivity index (χ1n) is 7.43. The maximum atomic E-state index is 5.84. The van der Waals surface area contributed by atoms with Crippen molar-refractivity contribution in [2.75, 3.05) is 5.73 Å². The average molecular weight is 280 g/mol. The first-order valence-corrected chi connectivity index (χ1v) is 7.43. The van der Waals surface area contributed by atoms with Crippen molar-refractivity contribution in [1.82, 2.24) is 4.98 Å². The molecular weight excluding hydrogens is 260 g/mol. The number of fused-ring (bicyclic) bond motifs is 1. The number of aromatic nitrogens is 1. The number of hydrogen-bond acceptors (Lipinski definition) is 3. The van der Waals surface area contributed by atoms with E-state index in [2.05, 4.69) is 31.0 Å². The Labute approximate surface area is 124 Å². The zero-order valence-corrected chi connectivity index (χ0v) is 12.5. The van der Waals surface area contributed by atoms with Gasteiger partial charge in [-0.15, -0.1) is 0 Å². The lowest BCUT2D eigenvalue weighted by molar-refractivity contribution is 0.619. The van der Waals surface area contributed by atoms with Crippen molar-refractivity contribution >= 4 is 16.8 Å². The van der Waals surface area contributed by atoms with Gasteiger partial charge in [0, 0.05) is 11.3 Å². The number of nitrogens with two attached hydrogens (primary N) is 1. The fraction of sp³-hybridized carbons (Fsp3) is 0.278. The summed E-state index contributed by atoms with van der Waals surface area (Å²) in [5, 5.41) is 0. The maximum Gasteiger partial charge on any atom is 0.227 e. The van der Waals surface area contributed by atoms with Gasteiger partial charge in [-0.05, 0) is 48.2 Å². The van der Waals surface area contributed by atoms with Crippen LogP contribution in [0.15, 0.2) is 46.9 Å². The van der Waals surface area contributed by atoms with Crippen LogP contribution < -0.4 is 5.73 Å². The molecule has 3 nitrogen and oxygen atoms in total. The summed E-state index contributed by atoms with van der Waals surface area (Å²) in [6.07, 6.45) is 2.37. The quantitative estimate of drug-likeness (QED) is 0.686. The molecule has 1 atom stereocenters. The van der Waals surface area contributed by atoms with Crippen molar-refractivity contribution in [3.8, 4) is 11.5 Å². The summed E-state index contributed by atoms with van der Waals surface area (Å²) in [5.41, 5.74) is 10.5. The lowest BCUT2D eigenvalue weighted by Crippen LogP contribution is -1.92. The van der Waals surface area contributed by atoms with Gasteiger partial charge in [-0.3, -0.25) is 0 Å². The summed E-state index contributed by atoms with van der Waals surface area (Å²) in [6, 6.07) is 13.9. The standard InChI is InChI=1S/C18H20N2O/c1-3-5-12(2)13-8-9-17-16(11-13)20-18(21-17)14-6-4-7-15(19)10-14/h4,6-12H,3,5,19H2,1-2H3. The number of nitrogen functional groups attached to an aromatic ring is 1. The minimum atomic E-state index is 0.548. The third kappa shape index (κ3) is 2.77. The number of oxazole rings is 1. The highest BCUT2D eigenvalue weighted by Gasteiger charge is 2.11. The minimum absolute atomic E-state index is 0.548. The SMILES string of the molecule is CCCC(C)c1ccc2oc(-c3cccc(N)c3)nc2c1. The van der Waals surface area contributed by atoms with Gasteiger partial charge < -0.3 is 10.2 Å². The molecule has 0 aliphatic carbocycles. The van der Waals surface area contributed by atoms with E-state index >= 15 is 0 Å². The third-order valence-corrected chi connectivity index (χ3v) is 3.84. The molecule has 21 heavy (non-hydrogen) atoms. The van der Waals surface area contributed by atoms with Crippen LogP contribution in [0.25, 0.3) is 22.6 Å². The highest BCUT2D eigenvalue weighted by atomic mass is 16.3. The molecule has 0 saturated carbocycles. The van der Waals surface area contributed by atoms with Crippen LogP contribution in [0.1, 0.15) is 38.2 Å². The van der Waals surface area contributed by atoms with Gasteiger partial charge in [-0.1, -0.05) is 32.4 Å². The van der Waals surface area contributed by atoms with E-state index in [1.54, 1.807) is 0 Å². The fourth-order valence-corrected chi connectivity index (χ4v) is 2.65. The number of rotatable bonds is 4. The summed E-state index contributed by atoms with van der Waals surface area (Å²) in [6.45, 7) is 4.46. The predicted octanol–water partition coefficient (Wildman–Crippen LogP) is 4.98. The Balaban J connectivity index is 2.00. The Bertz CT molecular complexity index is 761. The van der Waals surface area contributed by atoms with Crippen molar-refractivity contribution in [2.24, 2.45) is 0 Å². The zero-order chi connectivity index (χ0) is 14.8. The van der Waals surface area contributed by atoms with Crippen LogP contribution >= 0.6 is 0 Å². The molecule has 3 heteroatoms. The molecule has 108 valence electrons. The molecule has 0 bridgehead atoms. The van der Waals surface area contributed by atoms with E-state index in [9.17, 15) is 0 Å². The summed E-state index contributed by atoms with van der Waals surface area (Å²) in [4.78, 5) is 4.61. The van der Waals surface area contributed by atoms with E-state index in [1.165, 1.54) is 18.4 Å². The Morgan fingerprint density at radius 2 is 2.05 bits per heavy atom. The van der Waals surface area contributed by atoms with E-state index in [-0.39, 0.29) is 0 Å². The first kappa shape index (κ1) is 13.7. The monoisotopic (exact) mass is 280 g/mol. The molecule has 0 amide bonds. The van der Waals surface area contributed by atoms with Crippen molar-refractivity contribution in [3.63, 3.8) is 0 Å². The van der Waals surface area contributed by atoms with Crippen molar-refractivity contribution in [3.05, 3.63) is 48.0 Å². The number of anilines is 1. The normalized spacial score (nSPS) is 12.7. The number of hydrogen-bond donors (Lipinski definition) is 1. The molecule has 0 aliphatic rings. The highest BCUT2D eigenvalue weighted by Crippen LogP contribution is 2.28. The largest absolute Gasteiger partial charge is 0.436 e. The molecular formula is C18H20N2O. The lowest BCUT2D eigenvalue weighted by Gasteiger charge is -2.09. The second-order valence-corrected chi connectivity index (χ2v) is 5.56. The smallest absolute Gasteiger partial charge is 0.227 e. The molecule has 0 saturated heterocycles. The van der Waals surface area contributed by atoms with Crippen LogP contribution in [0.5, 0.6) is 0 Å². The van der Waals surface area contributed by atoms with Crippen LogP contribution in [-0.4, -0.2) is 4.98 Å². The van der Waals surface area contributed by atoms with Gasteiger partial charge in [0.2, 0.25) is 5.89 Å². The van der Waals surface area contributed by atoms with Gasteiger partial charge >= 0.3 is 0 Å². The minimum Gasteiger partial charge on any atom is -0.436 e. The van der Waals surface area contributed by atoms with Gasteiger partial charge in [0.15, 0.2) is 5.58 Å². The molecule has 0 fully saturated rings. The molecule has 0 spiro atoms. The van der Waals surface area contributed by atoms with Crippen LogP contribution in [0.3, 0.4) is 0 Å². The van der Waals surface area contributed by atoms with E-state index in [0.717, 1.165) is 16.7 Å². The lowest BCUT2D eigenvalue weighted by atomic mass is 9.96. The summed E-state index contributed by atoms with van der Waals surface area (Å²) in [5.74, 6) is 1.17. The van der Waals surface area contributed by atoms with Crippen LogP contribution in [0, 0.1) is 0 Å². The van der Waals surface area contributed by atoms with Crippen LogP contribution in [0.4, 0.5) is 5.69 Å². The number of benzene rings is 2. The molecule has 2 N–H and O–H groups in total. The van der Waals surface area contributed by atoms with Gasteiger partial charge in [-0.2, -0.15) is 0 Å². The van der Waals surface area contributed by atoms with Gasteiger partial charge in [0.25, 0.3) is 0 Å². The molecule has 0 aliphatic heterocycles. The second-order valence-electron chi connectivity index (χ2n) is 5.56. The van der Waals surface area contributed by atoms with E-state index in [0.29, 0.717) is 17.5 Å². The Kier molecular flexibility index (Phi) is 3.65. The van der Waals surface area contributed by atoms with Crippen molar-refractivity contribution in [2.45, 2.75) is 32.6 Å². The Morgan fingerprint density at radius 3 is 2.81 bits per heavy atom. The topological polar surface area (TPSA) is 52.0 Å². The van der Waals surface area contributed by atoms with Crippen molar-refractivity contribution in [1.29, 1.82) is 0 Å². The highest BCUT2D eigenvalue weighted by molar-refractivity contribution is 5.77. The second kappa shape index (κ2) is 5.60. The summed E-state index contributed by atoms with van der Waals surface area (Å²) >= 11 is 0. The maximum absolute atomic E-state index is 5.84. The van der Waals surface area contributed by atoms with Crippen LogP contribution in [-0.2, 0) is 0 Å². The molecule has 2 aromatic carbocycles. The van der Waals surface area contributed by atoms with Crippen molar-refractivity contribution < 1.29 is 4.42 Å².